The number of nitrogens with zero attached hydrogens (tertiary/aromatic N) is 2. The summed E-state index contributed by atoms with van der Waals surface area (Å²) in [6, 6.07) is 9.11. The van der Waals surface area contributed by atoms with Gasteiger partial charge in [-0.15, -0.1) is 11.3 Å². The minimum atomic E-state index is -4.48. The van der Waals surface area contributed by atoms with Crippen molar-refractivity contribution in [3.8, 4) is 6.07 Å². The Morgan fingerprint density at radius 2 is 2.05 bits per heavy atom. The molecule has 0 saturated carbocycles. The average molecular weight is 323 g/mol. The SMILES string of the molecule is N#CC(=NNc1cccc(C(F)(F)F)c1)C(=O)c1cccs1. The first kappa shape index (κ1) is 15.7. The number of hydrazone groups is 1. The van der Waals surface area contributed by atoms with Crippen molar-refractivity contribution in [1.82, 2.24) is 0 Å². The number of nitrogens with one attached hydrogen (secondary N) is 1. The molecule has 4 nitrogen and oxygen atoms in total. The van der Waals surface area contributed by atoms with Crippen LogP contribution >= 0.6 is 11.3 Å². The van der Waals surface area contributed by atoms with Gasteiger partial charge >= 0.3 is 6.18 Å². The first-order chi connectivity index (χ1) is 10.4. The minimum Gasteiger partial charge on any atom is -0.285 e. The first-order valence-electron chi connectivity index (χ1n) is 5.91. The number of halogens is 3. The molecule has 0 aliphatic carbocycles. The molecule has 1 aromatic heterocycles. The molecule has 112 valence electrons. The molecule has 1 aromatic carbocycles. The van der Waals surface area contributed by atoms with Crippen molar-refractivity contribution >= 4 is 28.5 Å². The summed E-state index contributed by atoms with van der Waals surface area (Å²) < 4.78 is 37.7. The average Bonchev–Trinajstić information content (AvgIpc) is 3.01. The molecular weight excluding hydrogens is 315 g/mol. The van der Waals surface area contributed by atoms with Crippen LogP contribution in [0.5, 0.6) is 0 Å². The summed E-state index contributed by atoms with van der Waals surface area (Å²) in [6.07, 6.45) is -4.48. The lowest BCUT2D eigenvalue weighted by Crippen LogP contribution is -2.13. The quantitative estimate of drug-likeness (QED) is 0.526. The van der Waals surface area contributed by atoms with Gasteiger partial charge in [-0.25, -0.2) is 0 Å². The standard InChI is InChI=1S/C14H8F3N3OS/c15-14(16,17)9-3-1-4-10(7-9)19-20-11(8-18)13(21)12-5-2-6-22-12/h1-7,19H. The zero-order valence-corrected chi connectivity index (χ0v) is 11.7. The Morgan fingerprint density at radius 3 is 2.64 bits per heavy atom. The van der Waals surface area contributed by atoms with Crippen LogP contribution in [0.3, 0.4) is 0 Å². The molecule has 0 radical (unpaired) electrons. The van der Waals surface area contributed by atoms with Crippen molar-refractivity contribution < 1.29 is 18.0 Å². The molecule has 2 rings (SSSR count). The normalized spacial score (nSPS) is 11.8. The highest BCUT2D eigenvalue weighted by molar-refractivity contribution is 7.13. The fourth-order valence-electron chi connectivity index (χ4n) is 1.54. The molecule has 2 aromatic rings. The van der Waals surface area contributed by atoms with Crippen LogP contribution in [0.2, 0.25) is 0 Å². The van der Waals surface area contributed by atoms with E-state index in [2.05, 4.69) is 10.5 Å². The van der Waals surface area contributed by atoms with Crippen LogP contribution in [0.25, 0.3) is 0 Å². The van der Waals surface area contributed by atoms with Gasteiger partial charge in [0.25, 0.3) is 0 Å². The molecule has 0 bridgehead atoms. The summed E-state index contributed by atoms with van der Waals surface area (Å²) >= 11 is 1.14. The number of alkyl halides is 3. The summed E-state index contributed by atoms with van der Waals surface area (Å²) in [6.45, 7) is 0. The van der Waals surface area contributed by atoms with Crippen LogP contribution in [0.4, 0.5) is 18.9 Å². The molecule has 0 aliphatic rings. The zero-order chi connectivity index (χ0) is 16.2. The topological polar surface area (TPSA) is 65.2 Å². The van der Waals surface area contributed by atoms with Crippen LogP contribution in [0, 0.1) is 11.3 Å². The first-order valence-corrected chi connectivity index (χ1v) is 6.79. The third-order valence-electron chi connectivity index (χ3n) is 2.55. The lowest BCUT2D eigenvalue weighted by Gasteiger charge is -2.08. The second-order valence-electron chi connectivity index (χ2n) is 4.07. The van der Waals surface area contributed by atoms with Gasteiger partial charge < -0.3 is 0 Å². The maximum absolute atomic E-state index is 12.6. The number of Topliss-reactive ketones (excluding diaryl/α,β-unsaturated/α-hetero) is 1. The Morgan fingerprint density at radius 1 is 1.27 bits per heavy atom. The number of benzene rings is 1. The fourth-order valence-corrected chi connectivity index (χ4v) is 2.20. The van der Waals surface area contributed by atoms with E-state index >= 15 is 0 Å². The maximum Gasteiger partial charge on any atom is 0.416 e. The number of ketones is 1. The lowest BCUT2D eigenvalue weighted by molar-refractivity contribution is -0.137. The van der Waals surface area contributed by atoms with Gasteiger partial charge in [0.05, 0.1) is 16.1 Å². The molecule has 0 fully saturated rings. The summed E-state index contributed by atoms with van der Waals surface area (Å²) in [7, 11) is 0. The van der Waals surface area contributed by atoms with Gasteiger partial charge in [0, 0.05) is 0 Å². The van der Waals surface area contributed by atoms with Crippen LogP contribution < -0.4 is 5.43 Å². The molecule has 1 N–H and O–H groups in total. The van der Waals surface area contributed by atoms with Gasteiger partial charge in [0.1, 0.15) is 6.07 Å². The van der Waals surface area contributed by atoms with Crippen molar-refractivity contribution in [3.05, 3.63) is 52.2 Å². The van der Waals surface area contributed by atoms with Gasteiger partial charge in [-0.3, -0.25) is 10.2 Å². The Kier molecular flexibility index (Phi) is 4.58. The molecule has 0 saturated heterocycles. The second kappa shape index (κ2) is 6.41. The molecule has 0 amide bonds. The Hall–Kier alpha value is -2.66. The molecule has 0 atom stereocenters. The highest BCUT2D eigenvalue weighted by Crippen LogP contribution is 2.30. The van der Waals surface area contributed by atoms with E-state index in [1.807, 2.05) is 0 Å². The summed E-state index contributed by atoms with van der Waals surface area (Å²) in [5, 5.41) is 14.2. The van der Waals surface area contributed by atoms with E-state index in [1.165, 1.54) is 18.2 Å². The summed E-state index contributed by atoms with van der Waals surface area (Å²) in [5.74, 6) is -0.586. The van der Waals surface area contributed by atoms with Gasteiger partial charge in [0.15, 0.2) is 0 Å². The van der Waals surface area contributed by atoms with Gasteiger partial charge in [0.2, 0.25) is 11.5 Å². The molecular formula is C14H8F3N3OS. The number of carbonyl (C=O) groups is 1. The monoisotopic (exact) mass is 323 g/mol. The number of thiophene rings is 1. The van der Waals surface area contributed by atoms with Crippen molar-refractivity contribution in [1.29, 1.82) is 5.26 Å². The van der Waals surface area contributed by atoms with E-state index in [-0.39, 0.29) is 5.69 Å². The van der Waals surface area contributed by atoms with E-state index in [0.29, 0.717) is 4.88 Å². The Bertz CT molecular complexity index is 745. The van der Waals surface area contributed by atoms with Crippen molar-refractivity contribution in [2.75, 3.05) is 5.43 Å². The highest BCUT2D eigenvalue weighted by atomic mass is 32.1. The Balaban J connectivity index is 2.20. The largest absolute Gasteiger partial charge is 0.416 e. The van der Waals surface area contributed by atoms with E-state index < -0.39 is 23.2 Å². The predicted octanol–water partition coefficient (Wildman–Crippen LogP) is 3.94. The van der Waals surface area contributed by atoms with Crippen molar-refractivity contribution in [2.45, 2.75) is 6.18 Å². The second-order valence-corrected chi connectivity index (χ2v) is 5.02. The molecule has 1 heterocycles. The van der Waals surface area contributed by atoms with E-state index in [0.717, 1.165) is 23.5 Å². The molecule has 8 heteroatoms. The third kappa shape index (κ3) is 3.71. The van der Waals surface area contributed by atoms with Gasteiger partial charge in [-0.1, -0.05) is 12.1 Å². The minimum absolute atomic E-state index is 0.0292. The molecule has 0 spiro atoms. The van der Waals surface area contributed by atoms with Crippen LogP contribution in [-0.2, 0) is 6.18 Å². The number of rotatable bonds is 4. The number of hydrogen-bond donors (Lipinski definition) is 1. The fraction of sp³-hybridized carbons (Fsp3) is 0.0714. The zero-order valence-electron chi connectivity index (χ0n) is 10.9. The molecule has 0 unspecified atom stereocenters. The number of carbonyl (C=O) groups excluding carboxylic acids is 1. The highest BCUT2D eigenvalue weighted by Gasteiger charge is 2.30. The van der Waals surface area contributed by atoms with E-state index in [1.54, 1.807) is 17.5 Å². The summed E-state index contributed by atoms with van der Waals surface area (Å²) in [4.78, 5) is 12.2. The van der Waals surface area contributed by atoms with Crippen LogP contribution in [0.15, 0.2) is 46.9 Å². The van der Waals surface area contributed by atoms with Crippen LogP contribution in [0.1, 0.15) is 15.2 Å². The summed E-state index contributed by atoms with van der Waals surface area (Å²) in [5.41, 5.74) is 1.05. The van der Waals surface area contributed by atoms with Crippen molar-refractivity contribution in [3.63, 3.8) is 0 Å². The van der Waals surface area contributed by atoms with E-state index in [9.17, 15) is 18.0 Å². The predicted molar refractivity (Wildman–Crippen MR) is 76.8 cm³/mol. The Labute approximate surface area is 127 Å². The maximum atomic E-state index is 12.6. The molecule has 22 heavy (non-hydrogen) atoms. The number of hydrogen-bond acceptors (Lipinski definition) is 5. The van der Waals surface area contributed by atoms with E-state index in [4.69, 9.17) is 5.26 Å². The van der Waals surface area contributed by atoms with Crippen molar-refractivity contribution in [2.24, 2.45) is 5.10 Å². The van der Waals surface area contributed by atoms with Gasteiger partial charge in [-0.2, -0.15) is 23.5 Å². The smallest absolute Gasteiger partial charge is 0.285 e. The number of anilines is 1. The van der Waals surface area contributed by atoms with Crippen LogP contribution in [-0.4, -0.2) is 11.5 Å². The third-order valence-corrected chi connectivity index (χ3v) is 3.42. The molecule has 0 aliphatic heterocycles. The van der Waals surface area contributed by atoms with Gasteiger partial charge in [-0.05, 0) is 29.6 Å². The number of nitriles is 1. The lowest BCUT2D eigenvalue weighted by atomic mass is 10.2.